The number of pyridine rings is 1. The number of nitrogens with zero attached hydrogens (tertiary/aromatic N) is 1. The van der Waals surface area contributed by atoms with Gasteiger partial charge in [0.2, 0.25) is 0 Å². The third-order valence-electron chi connectivity index (χ3n) is 3.62. The lowest BCUT2D eigenvalue weighted by Crippen LogP contribution is -2.30. The lowest BCUT2D eigenvalue weighted by Gasteiger charge is -2.13. The van der Waals surface area contributed by atoms with Crippen LogP contribution in [0.2, 0.25) is 0 Å². The first-order valence-electron chi connectivity index (χ1n) is 7.98. The van der Waals surface area contributed by atoms with Gasteiger partial charge in [-0.3, -0.25) is 14.6 Å². The molecule has 2 N–H and O–H groups in total. The molecular formula is C18H19N3O4. The molecule has 0 radical (unpaired) electrons. The monoisotopic (exact) mass is 341 g/mol. The summed E-state index contributed by atoms with van der Waals surface area (Å²) in [6, 6.07) is 10.4. The first-order chi connectivity index (χ1) is 12.2. The van der Waals surface area contributed by atoms with Crippen LogP contribution in [0.15, 0.2) is 42.6 Å². The smallest absolute Gasteiger partial charge is 0.274 e. The van der Waals surface area contributed by atoms with Gasteiger partial charge in [-0.25, -0.2) is 0 Å². The van der Waals surface area contributed by atoms with Crippen LogP contribution in [0.25, 0.3) is 0 Å². The number of nitrogens with one attached hydrogen (secondary N) is 2. The Morgan fingerprint density at radius 3 is 2.72 bits per heavy atom. The Labute approximate surface area is 145 Å². The number of hydrogen-bond donors (Lipinski definition) is 2. The van der Waals surface area contributed by atoms with Crippen LogP contribution in [0.4, 0.5) is 5.69 Å². The molecule has 0 spiro atoms. The fourth-order valence-corrected chi connectivity index (χ4v) is 2.20. The van der Waals surface area contributed by atoms with Gasteiger partial charge in [-0.2, -0.15) is 0 Å². The zero-order valence-corrected chi connectivity index (χ0v) is 13.8. The number of anilines is 1. The minimum atomic E-state index is -0.330. The van der Waals surface area contributed by atoms with Crippen molar-refractivity contribution < 1.29 is 19.1 Å². The number of rotatable bonds is 7. The molecule has 130 valence electrons. The topological polar surface area (TPSA) is 89.6 Å². The van der Waals surface area contributed by atoms with E-state index in [1.54, 1.807) is 42.6 Å². The Morgan fingerprint density at radius 1 is 1.20 bits per heavy atom. The number of ether oxygens (including phenoxy) is 2. The largest absolute Gasteiger partial charge is 0.493 e. The Kier molecular flexibility index (Phi) is 5.13. The maximum absolute atomic E-state index is 12.2. The van der Waals surface area contributed by atoms with E-state index in [1.165, 1.54) is 7.11 Å². The summed E-state index contributed by atoms with van der Waals surface area (Å²) in [5.74, 6) is 0.359. The van der Waals surface area contributed by atoms with Gasteiger partial charge in [-0.15, -0.1) is 0 Å². The number of benzene rings is 1. The molecule has 0 unspecified atom stereocenters. The molecule has 0 atom stereocenters. The summed E-state index contributed by atoms with van der Waals surface area (Å²) >= 11 is 0. The highest BCUT2D eigenvalue weighted by atomic mass is 16.5. The molecule has 0 aliphatic heterocycles. The van der Waals surface area contributed by atoms with Crippen molar-refractivity contribution in [2.24, 2.45) is 0 Å². The van der Waals surface area contributed by atoms with Crippen molar-refractivity contribution in [3.8, 4) is 11.5 Å². The van der Waals surface area contributed by atoms with Gasteiger partial charge in [0, 0.05) is 24.0 Å². The molecular weight excluding hydrogens is 322 g/mol. The van der Waals surface area contributed by atoms with E-state index in [9.17, 15) is 9.59 Å². The number of aromatic nitrogens is 1. The van der Waals surface area contributed by atoms with Crippen molar-refractivity contribution in [2.45, 2.75) is 18.9 Å². The quantitative estimate of drug-likeness (QED) is 0.804. The fraction of sp³-hybridized carbons (Fsp3) is 0.278. The SMILES string of the molecule is COc1ccc(NC(=O)c2ccccn2)cc1OCC(=O)NC1CC1. The first-order valence-corrected chi connectivity index (χ1v) is 7.98. The summed E-state index contributed by atoms with van der Waals surface area (Å²) in [6.45, 7) is -0.107. The van der Waals surface area contributed by atoms with E-state index in [2.05, 4.69) is 15.6 Å². The minimum absolute atomic E-state index is 0.107. The molecule has 1 heterocycles. The molecule has 7 nitrogen and oxygen atoms in total. The second kappa shape index (κ2) is 7.65. The standard InChI is InChI=1S/C18H19N3O4/c1-24-15-8-7-13(21-18(23)14-4-2-3-9-19-14)10-16(15)25-11-17(22)20-12-5-6-12/h2-4,7-10,12H,5-6,11H2,1H3,(H,20,22)(H,21,23). The van der Waals surface area contributed by atoms with Crippen LogP contribution >= 0.6 is 0 Å². The second-order valence-corrected chi connectivity index (χ2v) is 5.67. The van der Waals surface area contributed by atoms with Crippen LogP contribution in [0.3, 0.4) is 0 Å². The molecule has 2 aromatic rings. The van der Waals surface area contributed by atoms with Gasteiger partial charge in [0.05, 0.1) is 7.11 Å². The first kappa shape index (κ1) is 16.8. The van der Waals surface area contributed by atoms with Gasteiger partial charge < -0.3 is 20.1 Å². The molecule has 1 saturated carbocycles. The van der Waals surface area contributed by atoms with Crippen LogP contribution in [-0.4, -0.2) is 36.6 Å². The third-order valence-corrected chi connectivity index (χ3v) is 3.62. The molecule has 1 aromatic carbocycles. The van der Waals surface area contributed by atoms with Crippen LogP contribution in [-0.2, 0) is 4.79 Å². The molecule has 7 heteroatoms. The van der Waals surface area contributed by atoms with Crippen molar-refractivity contribution in [2.75, 3.05) is 19.0 Å². The van der Waals surface area contributed by atoms with Crippen LogP contribution in [0.5, 0.6) is 11.5 Å². The normalized spacial score (nSPS) is 13.0. The molecule has 0 saturated heterocycles. The summed E-state index contributed by atoms with van der Waals surface area (Å²) in [4.78, 5) is 27.9. The zero-order chi connectivity index (χ0) is 17.6. The minimum Gasteiger partial charge on any atom is -0.493 e. The fourth-order valence-electron chi connectivity index (χ4n) is 2.20. The number of methoxy groups -OCH3 is 1. The summed E-state index contributed by atoms with van der Waals surface area (Å²) in [6.07, 6.45) is 3.59. The number of carbonyl (C=O) groups excluding carboxylic acids is 2. The maximum atomic E-state index is 12.2. The van der Waals surface area contributed by atoms with Crippen molar-refractivity contribution in [3.05, 3.63) is 48.3 Å². The Bertz CT molecular complexity index is 760. The summed E-state index contributed by atoms with van der Waals surface area (Å²) in [5, 5.41) is 5.59. The van der Waals surface area contributed by atoms with Gasteiger partial charge >= 0.3 is 0 Å². The van der Waals surface area contributed by atoms with E-state index < -0.39 is 0 Å². The molecule has 25 heavy (non-hydrogen) atoms. The highest BCUT2D eigenvalue weighted by Gasteiger charge is 2.23. The van der Waals surface area contributed by atoms with Gasteiger partial charge in [0.25, 0.3) is 11.8 Å². The van der Waals surface area contributed by atoms with Crippen LogP contribution < -0.4 is 20.1 Å². The highest BCUT2D eigenvalue weighted by molar-refractivity contribution is 6.02. The third kappa shape index (κ3) is 4.69. The highest BCUT2D eigenvalue weighted by Crippen LogP contribution is 2.30. The molecule has 1 aliphatic carbocycles. The molecule has 3 rings (SSSR count). The number of amides is 2. The van der Waals surface area contributed by atoms with Crippen molar-refractivity contribution in [1.29, 1.82) is 0 Å². The number of hydrogen-bond acceptors (Lipinski definition) is 5. The Balaban J connectivity index is 1.66. The predicted molar refractivity (Wildman–Crippen MR) is 91.8 cm³/mol. The second-order valence-electron chi connectivity index (χ2n) is 5.67. The summed E-state index contributed by atoms with van der Waals surface area (Å²) in [5.41, 5.74) is 0.832. The van der Waals surface area contributed by atoms with E-state index in [1.807, 2.05) is 0 Å². The van der Waals surface area contributed by atoms with Crippen molar-refractivity contribution >= 4 is 17.5 Å². The Morgan fingerprint density at radius 2 is 2.04 bits per heavy atom. The summed E-state index contributed by atoms with van der Waals surface area (Å²) < 4.78 is 10.8. The van der Waals surface area contributed by atoms with E-state index in [0.717, 1.165) is 12.8 Å². The molecule has 1 aromatic heterocycles. The molecule has 2 amide bonds. The average molecular weight is 341 g/mol. The van der Waals surface area contributed by atoms with Gasteiger partial charge in [0.15, 0.2) is 18.1 Å². The van der Waals surface area contributed by atoms with Crippen molar-refractivity contribution in [3.63, 3.8) is 0 Å². The van der Waals surface area contributed by atoms with Crippen LogP contribution in [0, 0.1) is 0 Å². The average Bonchev–Trinajstić information content (AvgIpc) is 3.45. The van der Waals surface area contributed by atoms with E-state index in [4.69, 9.17) is 9.47 Å². The lowest BCUT2D eigenvalue weighted by molar-refractivity contribution is -0.123. The van der Waals surface area contributed by atoms with Crippen LogP contribution in [0.1, 0.15) is 23.3 Å². The predicted octanol–water partition coefficient (Wildman–Crippen LogP) is 2.00. The van der Waals surface area contributed by atoms with E-state index >= 15 is 0 Å². The van der Waals surface area contributed by atoms with Crippen molar-refractivity contribution in [1.82, 2.24) is 10.3 Å². The van der Waals surface area contributed by atoms with E-state index in [0.29, 0.717) is 22.9 Å². The zero-order valence-electron chi connectivity index (χ0n) is 13.8. The number of carbonyl (C=O) groups is 2. The van der Waals surface area contributed by atoms with Gasteiger partial charge in [0.1, 0.15) is 5.69 Å². The maximum Gasteiger partial charge on any atom is 0.274 e. The summed E-state index contributed by atoms with van der Waals surface area (Å²) in [7, 11) is 1.51. The molecule has 0 bridgehead atoms. The molecule has 1 aliphatic rings. The lowest BCUT2D eigenvalue weighted by atomic mass is 10.2. The molecule has 1 fully saturated rings. The van der Waals surface area contributed by atoms with E-state index in [-0.39, 0.29) is 24.5 Å². The Hall–Kier alpha value is -3.09. The van der Waals surface area contributed by atoms with Gasteiger partial charge in [-0.05, 0) is 37.1 Å². The van der Waals surface area contributed by atoms with Gasteiger partial charge in [-0.1, -0.05) is 6.07 Å².